The first-order chi connectivity index (χ1) is 4.31. The number of allylic oxidation sites excluding steroid dienone is 3. The zero-order valence-corrected chi connectivity index (χ0v) is 6.44. The van der Waals surface area contributed by atoms with Crippen molar-refractivity contribution in [3.8, 4) is 0 Å². The van der Waals surface area contributed by atoms with Crippen LogP contribution in [0.5, 0.6) is 0 Å². The second-order valence-electron chi connectivity index (χ2n) is 2.07. The number of nitrogens with one attached hydrogen (secondary N) is 1. The van der Waals surface area contributed by atoms with Crippen LogP contribution in [0, 0.1) is 0 Å². The lowest BCUT2D eigenvalue weighted by atomic mass is 10.3. The van der Waals surface area contributed by atoms with E-state index in [-0.39, 0.29) is 0 Å². The standard InChI is InChI=1S/C8H15N/c1-4-5-6-8(2)7-9-3/h4-6,9H,7H2,1-3H3/b5-4-,8-6+. The van der Waals surface area contributed by atoms with Gasteiger partial charge in [0, 0.05) is 6.54 Å². The van der Waals surface area contributed by atoms with Gasteiger partial charge in [-0.05, 0) is 20.9 Å². The average molecular weight is 125 g/mol. The van der Waals surface area contributed by atoms with Crippen LogP contribution in [0.2, 0.25) is 0 Å². The van der Waals surface area contributed by atoms with Gasteiger partial charge in [0.2, 0.25) is 0 Å². The van der Waals surface area contributed by atoms with Gasteiger partial charge in [0.05, 0.1) is 0 Å². The molecule has 0 saturated carbocycles. The van der Waals surface area contributed by atoms with Crippen molar-refractivity contribution in [2.45, 2.75) is 13.8 Å². The molecule has 0 heterocycles. The largest absolute Gasteiger partial charge is 0.316 e. The Bertz CT molecular complexity index is 112. The van der Waals surface area contributed by atoms with E-state index in [9.17, 15) is 0 Å². The van der Waals surface area contributed by atoms with Gasteiger partial charge >= 0.3 is 0 Å². The minimum absolute atomic E-state index is 0.977. The molecule has 9 heavy (non-hydrogen) atoms. The van der Waals surface area contributed by atoms with Crippen LogP contribution in [0.25, 0.3) is 0 Å². The summed E-state index contributed by atoms with van der Waals surface area (Å²) in [7, 11) is 1.95. The second kappa shape index (κ2) is 5.57. The molecule has 0 fully saturated rings. The topological polar surface area (TPSA) is 12.0 Å². The summed E-state index contributed by atoms with van der Waals surface area (Å²) in [5, 5.41) is 3.07. The van der Waals surface area contributed by atoms with Gasteiger partial charge in [-0.25, -0.2) is 0 Å². The fourth-order valence-electron chi connectivity index (χ4n) is 0.598. The Morgan fingerprint density at radius 3 is 2.67 bits per heavy atom. The Kier molecular flexibility index (Phi) is 5.23. The summed E-state index contributed by atoms with van der Waals surface area (Å²) >= 11 is 0. The van der Waals surface area contributed by atoms with Crippen molar-refractivity contribution >= 4 is 0 Å². The van der Waals surface area contributed by atoms with Gasteiger partial charge in [-0.3, -0.25) is 0 Å². The van der Waals surface area contributed by atoms with Crippen LogP contribution in [0.15, 0.2) is 23.8 Å². The van der Waals surface area contributed by atoms with Crippen molar-refractivity contribution in [1.29, 1.82) is 0 Å². The second-order valence-corrected chi connectivity index (χ2v) is 2.07. The summed E-state index contributed by atoms with van der Waals surface area (Å²) in [6, 6.07) is 0. The summed E-state index contributed by atoms with van der Waals surface area (Å²) in [6.45, 7) is 5.10. The molecule has 0 aromatic heterocycles. The van der Waals surface area contributed by atoms with Crippen molar-refractivity contribution in [2.75, 3.05) is 13.6 Å². The van der Waals surface area contributed by atoms with Gasteiger partial charge in [-0.2, -0.15) is 0 Å². The third-order valence-electron chi connectivity index (χ3n) is 1.03. The Balaban J connectivity index is 3.55. The Morgan fingerprint density at radius 1 is 1.56 bits per heavy atom. The smallest absolute Gasteiger partial charge is 0.0161 e. The Hall–Kier alpha value is -0.560. The molecular formula is C8H15N. The van der Waals surface area contributed by atoms with Gasteiger partial charge in [0.15, 0.2) is 0 Å². The molecule has 0 bridgehead atoms. The van der Waals surface area contributed by atoms with Crippen LogP contribution < -0.4 is 5.32 Å². The number of likely N-dealkylation sites (N-methyl/N-ethyl adjacent to an activating group) is 1. The quantitative estimate of drug-likeness (QED) is 0.566. The zero-order valence-electron chi connectivity index (χ0n) is 6.44. The molecule has 1 N–H and O–H groups in total. The molecule has 52 valence electrons. The third-order valence-corrected chi connectivity index (χ3v) is 1.03. The molecule has 0 rings (SSSR count). The van der Waals surface area contributed by atoms with Gasteiger partial charge in [-0.15, -0.1) is 0 Å². The molecule has 0 unspecified atom stereocenters. The highest BCUT2D eigenvalue weighted by atomic mass is 14.8. The maximum atomic E-state index is 3.07. The predicted octanol–water partition coefficient (Wildman–Crippen LogP) is 1.73. The predicted molar refractivity (Wildman–Crippen MR) is 42.5 cm³/mol. The van der Waals surface area contributed by atoms with E-state index in [0.717, 1.165) is 6.54 Å². The molecule has 1 nitrogen and oxygen atoms in total. The highest BCUT2D eigenvalue weighted by molar-refractivity contribution is 5.10. The molecule has 0 spiro atoms. The van der Waals surface area contributed by atoms with Crippen molar-refractivity contribution in [3.63, 3.8) is 0 Å². The highest BCUT2D eigenvalue weighted by Crippen LogP contribution is 1.88. The average Bonchev–Trinajstić information content (AvgIpc) is 1.85. The number of hydrogen-bond donors (Lipinski definition) is 1. The molecule has 1 heteroatoms. The molecule has 0 amide bonds. The summed E-state index contributed by atoms with van der Waals surface area (Å²) in [5.74, 6) is 0. The Morgan fingerprint density at radius 2 is 2.22 bits per heavy atom. The lowest BCUT2D eigenvalue weighted by Gasteiger charge is -1.94. The van der Waals surface area contributed by atoms with E-state index in [1.54, 1.807) is 0 Å². The molecule has 0 radical (unpaired) electrons. The van der Waals surface area contributed by atoms with E-state index in [4.69, 9.17) is 0 Å². The minimum atomic E-state index is 0.977. The van der Waals surface area contributed by atoms with Crippen LogP contribution in [0.4, 0.5) is 0 Å². The maximum Gasteiger partial charge on any atom is 0.0161 e. The van der Waals surface area contributed by atoms with Gasteiger partial charge in [-0.1, -0.05) is 23.8 Å². The molecule has 0 aromatic carbocycles. The normalized spacial score (nSPS) is 13.0. The molecule has 0 aromatic rings. The molecular weight excluding hydrogens is 110 g/mol. The third kappa shape index (κ3) is 5.31. The first kappa shape index (κ1) is 8.44. The molecule has 0 aliphatic carbocycles. The summed E-state index contributed by atoms with van der Waals surface area (Å²) in [5.41, 5.74) is 1.36. The lowest BCUT2D eigenvalue weighted by Crippen LogP contribution is -2.08. The molecule has 0 aliphatic rings. The van der Waals surface area contributed by atoms with E-state index in [2.05, 4.69) is 18.3 Å². The summed E-state index contributed by atoms with van der Waals surface area (Å²) < 4.78 is 0. The van der Waals surface area contributed by atoms with Crippen molar-refractivity contribution in [3.05, 3.63) is 23.8 Å². The maximum absolute atomic E-state index is 3.07. The van der Waals surface area contributed by atoms with Crippen molar-refractivity contribution < 1.29 is 0 Å². The summed E-state index contributed by atoms with van der Waals surface area (Å²) in [6.07, 6.45) is 6.18. The van der Waals surface area contributed by atoms with Crippen molar-refractivity contribution in [1.82, 2.24) is 5.32 Å². The van der Waals surface area contributed by atoms with E-state index >= 15 is 0 Å². The highest BCUT2D eigenvalue weighted by Gasteiger charge is 1.80. The van der Waals surface area contributed by atoms with E-state index in [1.807, 2.05) is 26.1 Å². The fourth-order valence-corrected chi connectivity index (χ4v) is 0.598. The van der Waals surface area contributed by atoms with Gasteiger partial charge in [0.25, 0.3) is 0 Å². The Labute approximate surface area is 57.5 Å². The van der Waals surface area contributed by atoms with Gasteiger partial charge in [0.1, 0.15) is 0 Å². The SMILES string of the molecule is C/C=C\C=C(/C)CNC. The summed E-state index contributed by atoms with van der Waals surface area (Å²) in [4.78, 5) is 0. The molecule has 0 atom stereocenters. The number of rotatable bonds is 3. The van der Waals surface area contributed by atoms with Crippen LogP contribution in [-0.4, -0.2) is 13.6 Å². The van der Waals surface area contributed by atoms with Crippen LogP contribution in [0.3, 0.4) is 0 Å². The van der Waals surface area contributed by atoms with E-state index < -0.39 is 0 Å². The van der Waals surface area contributed by atoms with Crippen LogP contribution in [0.1, 0.15) is 13.8 Å². The van der Waals surface area contributed by atoms with Crippen molar-refractivity contribution in [2.24, 2.45) is 0 Å². The van der Waals surface area contributed by atoms with Crippen LogP contribution in [-0.2, 0) is 0 Å². The first-order valence-corrected chi connectivity index (χ1v) is 3.24. The first-order valence-electron chi connectivity index (χ1n) is 3.24. The number of hydrogen-bond acceptors (Lipinski definition) is 1. The minimum Gasteiger partial charge on any atom is -0.316 e. The van der Waals surface area contributed by atoms with E-state index in [1.165, 1.54) is 5.57 Å². The lowest BCUT2D eigenvalue weighted by molar-refractivity contribution is 0.880. The zero-order chi connectivity index (χ0) is 7.11. The molecule has 0 saturated heterocycles. The van der Waals surface area contributed by atoms with Gasteiger partial charge < -0.3 is 5.32 Å². The fraction of sp³-hybridized carbons (Fsp3) is 0.500. The monoisotopic (exact) mass is 125 g/mol. The van der Waals surface area contributed by atoms with Crippen LogP contribution >= 0.6 is 0 Å². The van der Waals surface area contributed by atoms with E-state index in [0.29, 0.717) is 0 Å². The molecule has 0 aliphatic heterocycles.